The van der Waals surface area contributed by atoms with E-state index in [4.69, 9.17) is 18.4 Å². The third-order valence-corrected chi connectivity index (χ3v) is 6.51. The monoisotopic (exact) mass is 538 g/mol. The van der Waals surface area contributed by atoms with Crippen molar-refractivity contribution in [1.82, 2.24) is 24.9 Å². The van der Waals surface area contributed by atoms with Crippen molar-refractivity contribution in [2.45, 2.75) is 70.7 Å². The minimum absolute atomic E-state index is 0.227. The molecule has 2 aromatic heterocycles. The quantitative estimate of drug-likeness (QED) is 0.413. The first-order chi connectivity index (χ1) is 17.2. The number of aromatic amines is 1. The number of carbonyl (C=O) groups is 2. The zero-order chi connectivity index (χ0) is 27.0. The molecule has 1 aliphatic heterocycles. The van der Waals surface area contributed by atoms with Crippen LogP contribution in [-0.2, 0) is 28.7 Å². The van der Waals surface area contributed by atoms with Crippen LogP contribution >= 0.6 is 0 Å². The lowest BCUT2D eigenvalue weighted by Gasteiger charge is -2.24. The smallest absolute Gasteiger partial charge is 0.423 e. The van der Waals surface area contributed by atoms with Crippen molar-refractivity contribution in [1.29, 1.82) is 0 Å². The molecule has 0 spiro atoms. The molecule has 202 valence electrons. The summed E-state index contributed by atoms with van der Waals surface area (Å²) in [7, 11) is -4.43. The molecule has 0 radical (unpaired) electrons. The highest BCUT2D eigenvalue weighted by Gasteiger charge is 2.54. The third kappa shape index (κ3) is 6.60. The predicted molar refractivity (Wildman–Crippen MR) is 128 cm³/mol. The van der Waals surface area contributed by atoms with Crippen molar-refractivity contribution >= 4 is 28.0 Å². The number of rotatable bonds is 8. The highest BCUT2D eigenvalue weighted by atomic mass is 32.2. The molecule has 3 N–H and O–H groups in total. The first-order valence-corrected chi connectivity index (χ1v) is 13.0. The first-order valence-electron chi connectivity index (χ1n) is 11.6. The van der Waals surface area contributed by atoms with Crippen molar-refractivity contribution in [3.63, 3.8) is 0 Å². The van der Waals surface area contributed by atoms with E-state index in [0.29, 0.717) is 6.42 Å². The van der Waals surface area contributed by atoms with Gasteiger partial charge in [-0.2, -0.15) is 18.2 Å². The summed E-state index contributed by atoms with van der Waals surface area (Å²) in [4.78, 5) is 33.0. The van der Waals surface area contributed by atoms with Crippen molar-refractivity contribution in [2.24, 2.45) is 5.92 Å². The number of carbonyl (C=O) groups excluding carboxylic acids is 2. The van der Waals surface area contributed by atoms with Crippen molar-refractivity contribution in [3.05, 3.63) is 36.0 Å². The summed E-state index contributed by atoms with van der Waals surface area (Å²) >= 11 is 0. The Hall–Kier alpha value is -3.14. The van der Waals surface area contributed by atoms with Gasteiger partial charge in [-0.3, -0.25) is 14.1 Å². The fourth-order valence-corrected chi connectivity index (χ4v) is 4.97. The first kappa shape index (κ1) is 26.9. The topological polar surface area (TPSA) is 184 Å². The molecule has 2 aliphatic rings. The number of ketones is 1. The second kappa shape index (κ2) is 9.96. The maximum Gasteiger partial charge on any atom is 0.423 e. The van der Waals surface area contributed by atoms with Crippen molar-refractivity contribution < 1.29 is 36.4 Å². The van der Waals surface area contributed by atoms with Gasteiger partial charge >= 0.3 is 16.4 Å². The minimum atomic E-state index is -4.43. The van der Waals surface area contributed by atoms with Gasteiger partial charge in [0.25, 0.3) is 0 Å². The Morgan fingerprint density at radius 1 is 1.24 bits per heavy atom. The molecule has 0 unspecified atom stereocenters. The average molecular weight is 539 g/mol. The molecule has 1 saturated heterocycles. The van der Waals surface area contributed by atoms with Gasteiger partial charge in [-0.05, 0) is 47.1 Å². The van der Waals surface area contributed by atoms with E-state index in [1.807, 2.05) is 0 Å². The lowest BCUT2D eigenvalue weighted by Crippen LogP contribution is -2.38. The summed E-state index contributed by atoms with van der Waals surface area (Å²) in [6, 6.07) is 1.14. The number of hydrogen-bond acceptors (Lipinski definition) is 12. The number of nitrogens with one attached hydrogen (secondary N) is 3. The van der Waals surface area contributed by atoms with Gasteiger partial charge in [0.1, 0.15) is 29.5 Å². The number of H-pyrrole nitrogens is 1. The molecule has 2 fully saturated rings. The van der Waals surface area contributed by atoms with Gasteiger partial charge in [-0.1, -0.05) is 0 Å². The number of fused-ring (bicyclic) bond motifs is 1. The number of amides is 1. The summed E-state index contributed by atoms with van der Waals surface area (Å²) in [5.74, 6) is -1.42. The standard InChI is InChI=1S/C22H30N6O8S/c1-21(2,3)36-20(30)28-37(31,32)33-10-12-8-15(18-17(12)34-22(4,5)35-18)26-19-13(9-23-11-24-19)16(29)14-6-7-25-27-14/h6-7,9,11-12,15,17-18H,8,10H2,1-5H3,(H,25,27)(H,28,30)(H,23,24,26)/t12-,15-,17-,18+/m1/s1. The number of hydrogen-bond donors (Lipinski definition) is 3. The average Bonchev–Trinajstić information content (AvgIpc) is 3.47. The highest BCUT2D eigenvalue weighted by Crippen LogP contribution is 2.43. The van der Waals surface area contributed by atoms with E-state index in [0.717, 1.165) is 0 Å². The molecule has 1 saturated carbocycles. The molecule has 0 bridgehead atoms. The van der Waals surface area contributed by atoms with Gasteiger partial charge in [0.15, 0.2) is 5.79 Å². The van der Waals surface area contributed by atoms with Crippen LogP contribution in [0, 0.1) is 5.92 Å². The van der Waals surface area contributed by atoms with E-state index in [1.165, 1.54) is 18.7 Å². The third-order valence-electron chi connectivity index (χ3n) is 5.65. The van der Waals surface area contributed by atoms with Gasteiger partial charge in [0, 0.05) is 18.3 Å². The summed E-state index contributed by atoms with van der Waals surface area (Å²) in [5.41, 5.74) is -0.376. The maximum atomic E-state index is 12.9. The van der Waals surface area contributed by atoms with Gasteiger partial charge < -0.3 is 19.5 Å². The van der Waals surface area contributed by atoms with Crippen LogP contribution in [-0.4, -0.2) is 76.7 Å². The maximum absolute atomic E-state index is 12.9. The second-order valence-corrected chi connectivity index (χ2v) is 11.6. The minimum Gasteiger partial charge on any atom is -0.443 e. The number of aromatic nitrogens is 4. The van der Waals surface area contributed by atoms with Crippen LogP contribution in [0.1, 0.15) is 57.1 Å². The van der Waals surface area contributed by atoms with E-state index in [-0.39, 0.29) is 29.5 Å². The van der Waals surface area contributed by atoms with Gasteiger partial charge in [0.05, 0.1) is 24.3 Å². The lowest BCUT2D eigenvalue weighted by molar-refractivity contribution is -0.158. The Balaban J connectivity index is 1.47. The molecule has 0 aromatic carbocycles. The molecule has 4 atom stereocenters. The van der Waals surface area contributed by atoms with Crippen LogP contribution in [0.15, 0.2) is 24.8 Å². The number of ether oxygens (including phenoxy) is 3. The van der Waals surface area contributed by atoms with Crippen LogP contribution in [0.4, 0.5) is 10.6 Å². The molecule has 4 rings (SSSR count). The normalized spacial score (nSPS) is 24.9. The molecule has 15 heteroatoms. The SMILES string of the molecule is CC(C)(C)OC(=O)NS(=O)(=O)OC[C@H]1C[C@@H](Nc2ncncc2C(=O)c2ccn[nH]2)[C@@H]2OC(C)(C)O[C@H]12. The van der Waals surface area contributed by atoms with Gasteiger partial charge in [0.2, 0.25) is 5.78 Å². The Morgan fingerprint density at radius 2 is 1.97 bits per heavy atom. The summed E-state index contributed by atoms with van der Waals surface area (Å²) in [6.45, 7) is 8.04. The Morgan fingerprint density at radius 3 is 2.65 bits per heavy atom. The second-order valence-electron chi connectivity index (χ2n) is 10.2. The molecule has 3 heterocycles. The number of nitrogens with zero attached hydrogens (tertiary/aromatic N) is 3. The fourth-order valence-electron chi connectivity index (χ4n) is 4.31. The molecule has 1 aliphatic carbocycles. The molecule has 2 aromatic rings. The Kier molecular flexibility index (Phi) is 7.25. The molecular weight excluding hydrogens is 508 g/mol. The summed E-state index contributed by atoms with van der Waals surface area (Å²) in [5, 5.41) is 9.67. The zero-order valence-corrected chi connectivity index (χ0v) is 21.9. The van der Waals surface area contributed by atoms with E-state index in [2.05, 4.69) is 25.5 Å². The van der Waals surface area contributed by atoms with Crippen LogP contribution in [0.2, 0.25) is 0 Å². The van der Waals surface area contributed by atoms with Crippen LogP contribution in [0.5, 0.6) is 0 Å². The van der Waals surface area contributed by atoms with Crippen LogP contribution < -0.4 is 10.0 Å². The fraction of sp³-hybridized carbons (Fsp3) is 0.591. The largest absolute Gasteiger partial charge is 0.443 e. The van der Waals surface area contributed by atoms with E-state index in [1.54, 1.807) is 45.4 Å². The van der Waals surface area contributed by atoms with Crippen molar-refractivity contribution in [2.75, 3.05) is 11.9 Å². The van der Waals surface area contributed by atoms with E-state index >= 15 is 0 Å². The summed E-state index contributed by atoms with van der Waals surface area (Å²) < 4.78 is 48.6. The zero-order valence-electron chi connectivity index (χ0n) is 21.0. The molecular formula is C22H30N6O8S. The van der Waals surface area contributed by atoms with Crippen LogP contribution in [0.3, 0.4) is 0 Å². The van der Waals surface area contributed by atoms with E-state index < -0.39 is 52.0 Å². The van der Waals surface area contributed by atoms with Gasteiger partial charge in [-0.15, -0.1) is 0 Å². The molecule has 14 nitrogen and oxygen atoms in total. The summed E-state index contributed by atoms with van der Waals surface area (Å²) in [6.07, 6.45) is 2.40. The number of anilines is 1. The lowest BCUT2D eigenvalue weighted by atomic mass is 10.1. The van der Waals surface area contributed by atoms with Gasteiger partial charge in [-0.25, -0.2) is 14.8 Å². The van der Waals surface area contributed by atoms with E-state index in [9.17, 15) is 18.0 Å². The Labute approximate surface area is 214 Å². The highest BCUT2D eigenvalue weighted by molar-refractivity contribution is 7.85. The molecule has 37 heavy (non-hydrogen) atoms. The van der Waals surface area contributed by atoms with Crippen LogP contribution in [0.25, 0.3) is 0 Å². The van der Waals surface area contributed by atoms with Crippen molar-refractivity contribution in [3.8, 4) is 0 Å². The Bertz CT molecular complexity index is 1240. The molecule has 1 amide bonds. The predicted octanol–water partition coefficient (Wildman–Crippen LogP) is 1.54.